The minimum atomic E-state index is -1.91. The van der Waals surface area contributed by atoms with E-state index in [1.807, 2.05) is 18.2 Å². The fraction of sp³-hybridized carbons (Fsp3) is 0.333. The van der Waals surface area contributed by atoms with Gasteiger partial charge in [0.1, 0.15) is 11.1 Å². The minimum Gasteiger partial charge on any atom is -0.370 e. The molecule has 3 rings (SSSR count). The SMILES string of the molecule is C[C@]1(O)NC(=O)[C@@]2(C#N)C(C#N)(C#N)[C@@]12c1ccccc1. The summed E-state index contributed by atoms with van der Waals surface area (Å²) < 4.78 is 0. The molecule has 6 heteroatoms. The van der Waals surface area contributed by atoms with Crippen LogP contribution in [0.3, 0.4) is 0 Å². The van der Waals surface area contributed by atoms with Crippen molar-refractivity contribution in [3.05, 3.63) is 35.9 Å². The predicted molar refractivity (Wildman–Crippen MR) is 68.6 cm³/mol. The Morgan fingerprint density at radius 3 is 2.10 bits per heavy atom. The Balaban J connectivity index is 2.45. The molecule has 0 unspecified atom stereocenters. The number of aliphatic hydroxyl groups is 1. The van der Waals surface area contributed by atoms with E-state index in [1.54, 1.807) is 30.3 Å². The zero-order valence-electron chi connectivity index (χ0n) is 11.1. The number of piperidine rings is 1. The van der Waals surface area contributed by atoms with Gasteiger partial charge in [0.2, 0.25) is 5.91 Å². The molecule has 6 nitrogen and oxygen atoms in total. The molecule has 2 N–H and O–H groups in total. The van der Waals surface area contributed by atoms with Gasteiger partial charge in [-0.3, -0.25) is 4.79 Å². The number of hydrogen-bond donors (Lipinski definition) is 2. The number of nitrogens with zero attached hydrogens (tertiary/aromatic N) is 3. The number of hydrogen-bond acceptors (Lipinski definition) is 5. The zero-order valence-corrected chi connectivity index (χ0v) is 11.1. The van der Waals surface area contributed by atoms with Gasteiger partial charge in [-0.1, -0.05) is 30.3 Å². The number of rotatable bonds is 1. The highest BCUT2D eigenvalue weighted by Crippen LogP contribution is 2.83. The number of fused-ring (bicyclic) bond motifs is 1. The van der Waals surface area contributed by atoms with Crippen molar-refractivity contribution in [2.24, 2.45) is 10.8 Å². The summed E-state index contributed by atoms with van der Waals surface area (Å²) in [6, 6.07) is 13.8. The molecule has 1 aromatic carbocycles. The molecular formula is C15H10N4O2. The van der Waals surface area contributed by atoms with Gasteiger partial charge in [0.05, 0.1) is 18.2 Å². The highest BCUT2D eigenvalue weighted by Gasteiger charge is 3.02. The van der Waals surface area contributed by atoms with Crippen molar-refractivity contribution in [1.29, 1.82) is 15.8 Å². The van der Waals surface area contributed by atoms with Crippen LogP contribution in [0.25, 0.3) is 0 Å². The van der Waals surface area contributed by atoms with Gasteiger partial charge in [0.15, 0.2) is 10.8 Å². The summed E-state index contributed by atoms with van der Waals surface area (Å²) in [5.74, 6) is -0.790. The normalized spacial score (nSPS) is 38.3. The van der Waals surface area contributed by atoms with E-state index in [0.717, 1.165) is 0 Å². The molecule has 102 valence electrons. The fourth-order valence-corrected chi connectivity index (χ4v) is 4.02. The smallest absolute Gasteiger partial charge is 0.246 e. The first-order valence-electron chi connectivity index (χ1n) is 6.26. The Labute approximate surface area is 120 Å². The molecule has 21 heavy (non-hydrogen) atoms. The van der Waals surface area contributed by atoms with E-state index in [9.17, 15) is 25.7 Å². The van der Waals surface area contributed by atoms with Crippen molar-refractivity contribution in [3.8, 4) is 18.2 Å². The van der Waals surface area contributed by atoms with Crippen LogP contribution < -0.4 is 5.32 Å². The monoisotopic (exact) mass is 278 g/mol. The molecule has 1 aromatic rings. The molecule has 0 radical (unpaired) electrons. The molecule has 1 heterocycles. The first-order valence-corrected chi connectivity index (χ1v) is 6.26. The molecule has 1 saturated carbocycles. The van der Waals surface area contributed by atoms with Gasteiger partial charge in [-0.25, -0.2) is 0 Å². The lowest BCUT2D eigenvalue weighted by molar-refractivity contribution is -0.127. The summed E-state index contributed by atoms with van der Waals surface area (Å²) in [6.45, 7) is 1.31. The Hall–Kier alpha value is -2.88. The van der Waals surface area contributed by atoms with Crippen molar-refractivity contribution in [1.82, 2.24) is 5.32 Å². The van der Waals surface area contributed by atoms with Gasteiger partial charge in [-0.05, 0) is 12.5 Å². The quantitative estimate of drug-likeness (QED) is 0.766. The maximum Gasteiger partial charge on any atom is 0.246 e. The van der Waals surface area contributed by atoms with Crippen LogP contribution in [0.1, 0.15) is 12.5 Å². The second-order valence-corrected chi connectivity index (χ2v) is 5.48. The van der Waals surface area contributed by atoms with Crippen LogP contribution in [0.2, 0.25) is 0 Å². The van der Waals surface area contributed by atoms with Gasteiger partial charge in [-0.15, -0.1) is 0 Å². The Bertz CT molecular complexity index is 767. The Kier molecular flexibility index (Phi) is 2.13. The lowest BCUT2D eigenvalue weighted by Gasteiger charge is -2.31. The van der Waals surface area contributed by atoms with Crippen LogP contribution in [-0.2, 0) is 10.2 Å². The van der Waals surface area contributed by atoms with Gasteiger partial charge in [0.25, 0.3) is 0 Å². The Morgan fingerprint density at radius 1 is 1.10 bits per heavy atom. The van der Waals surface area contributed by atoms with E-state index in [0.29, 0.717) is 5.56 Å². The van der Waals surface area contributed by atoms with E-state index in [4.69, 9.17) is 0 Å². The van der Waals surface area contributed by atoms with Gasteiger partial charge < -0.3 is 10.4 Å². The van der Waals surface area contributed by atoms with Crippen LogP contribution in [-0.4, -0.2) is 16.7 Å². The number of nitriles is 3. The van der Waals surface area contributed by atoms with Gasteiger partial charge in [0, 0.05) is 0 Å². The van der Waals surface area contributed by atoms with Gasteiger partial charge >= 0.3 is 0 Å². The van der Waals surface area contributed by atoms with Crippen molar-refractivity contribution in [2.45, 2.75) is 18.1 Å². The molecule has 0 bridgehead atoms. The topological polar surface area (TPSA) is 121 Å². The number of carbonyl (C=O) groups excluding carboxylic acids is 1. The number of nitrogens with one attached hydrogen (secondary N) is 1. The molecule has 1 aliphatic heterocycles. The molecular weight excluding hydrogens is 268 g/mol. The highest BCUT2D eigenvalue weighted by atomic mass is 16.3. The summed E-state index contributed by atoms with van der Waals surface area (Å²) in [5.41, 5.74) is -6.88. The van der Waals surface area contributed by atoms with Crippen LogP contribution in [0.15, 0.2) is 30.3 Å². The second kappa shape index (κ2) is 3.41. The van der Waals surface area contributed by atoms with Crippen molar-refractivity contribution in [3.63, 3.8) is 0 Å². The standard InChI is InChI=1S/C15H10N4O2/c1-12(21)15(10-5-3-2-4-6-10)13(7-16,8-17)14(15,9-18)11(20)19-12/h2-6,21H,1H3,(H,19,20)/t12-,14+,15-/m1/s1. The average Bonchev–Trinajstić information content (AvgIpc) is 3.00. The molecule has 1 aliphatic carbocycles. The summed E-state index contributed by atoms with van der Waals surface area (Å²) >= 11 is 0. The average molecular weight is 278 g/mol. The summed E-state index contributed by atoms with van der Waals surface area (Å²) in [7, 11) is 0. The largest absolute Gasteiger partial charge is 0.370 e. The lowest BCUT2D eigenvalue weighted by atomic mass is 9.79. The third-order valence-corrected chi connectivity index (χ3v) is 4.76. The molecule has 0 aromatic heterocycles. The number of amides is 1. The lowest BCUT2D eigenvalue weighted by Crippen LogP contribution is -2.52. The summed E-state index contributed by atoms with van der Waals surface area (Å²) in [4.78, 5) is 12.3. The second-order valence-electron chi connectivity index (χ2n) is 5.48. The number of carbonyl (C=O) groups is 1. The van der Waals surface area contributed by atoms with E-state index in [1.165, 1.54) is 6.92 Å². The van der Waals surface area contributed by atoms with Crippen molar-refractivity contribution in [2.75, 3.05) is 0 Å². The van der Waals surface area contributed by atoms with Gasteiger partial charge in [-0.2, -0.15) is 15.8 Å². The zero-order chi connectivity index (χ0) is 15.5. The van der Waals surface area contributed by atoms with E-state index in [2.05, 4.69) is 5.32 Å². The third-order valence-electron chi connectivity index (χ3n) is 4.76. The van der Waals surface area contributed by atoms with E-state index >= 15 is 0 Å². The molecule has 2 aliphatic rings. The predicted octanol–water partition coefficient (Wildman–Crippen LogP) is 0.320. The third kappa shape index (κ3) is 0.923. The van der Waals surface area contributed by atoms with E-state index < -0.39 is 27.9 Å². The van der Waals surface area contributed by atoms with Crippen LogP contribution >= 0.6 is 0 Å². The summed E-state index contributed by atoms with van der Waals surface area (Å²) in [5, 5.41) is 41.6. The van der Waals surface area contributed by atoms with E-state index in [-0.39, 0.29) is 0 Å². The van der Waals surface area contributed by atoms with Crippen LogP contribution in [0, 0.1) is 44.8 Å². The molecule has 1 saturated heterocycles. The maximum absolute atomic E-state index is 12.3. The van der Waals surface area contributed by atoms with Crippen molar-refractivity contribution >= 4 is 5.91 Å². The maximum atomic E-state index is 12.3. The molecule has 2 fully saturated rings. The molecule has 3 atom stereocenters. The molecule has 1 amide bonds. The first kappa shape index (κ1) is 13.1. The first-order chi connectivity index (χ1) is 9.91. The number of benzene rings is 1. The van der Waals surface area contributed by atoms with Crippen molar-refractivity contribution < 1.29 is 9.90 Å². The van der Waals surface area contributed by atoms with Crippen LogP contribution in [0.4, 0.5) is 0 Å². The summed E-state index contributed by atoms with van der Waals surface area (Å²) in [6.07, 6.45) is 0. The highest BCUT2D eigenvalue weighted by molar-refractivity contribution is 6.02. The molecule has 0 spiro atoms. The minimum absolute atomic E-state index is 0.415. The Morgan fingerprint density at radius 2 is 1.67 bits per heavy atom. The fourth-order valence-electron chi connectivity index (χ4n) is 4.02. The van der Waals surface area contributed by atoms with Crippen LogP contribution in [0.5, 0.6) is 0 Å².